The van der Waals surface area contributed by atoms with Crippen molar-refractivity contribution in [2.75, 3.05) is 0 Å². The molecule has 19 heavy (non-hydrogen) atoms. The van der Waals surface area contributed by atoms with Crippen LogP contribution in [0.25, 0.3) is 0 Å². The van der Waals surface area contributed by atoms with Crippen molar-refractivity contribution in [2.24, 2.45) is 4.99 Å². The normalized spacial score (nSPS) is 21.9. The van der Waals surface area contributed by atoms with Crippen molar-refractivity contribution < 1.29 is 4.39 Å². The van der Waals surface area contributed by atoms with Crippen molar-refractivity contribution in [3.05, 3.63) is 64.5 Å². The molecular formula is C14H12FN3S. The third-order valence-corrected chi connectivity index (χ3v) is 3.82. The van der Waals surface area contributed by atoms with Gasteiger partial charge in [0.1, 0.15) is 11.4 Å². The molecule has 0 fully saturated rings. The molecule has 0 radical (unpaired) electrons. The fraction of sp³-hybridized carbons (Fsp3) is 0.143. The molecule has 1 aromatic carbocycles. The largest absolute Gasteiger partial charge is 0.345 e. The van der Waals surface area contributed by atoms with Gasteiger partial charge in [-0.3, -0.25) is 4.99 Å². The molecule has 0 amide bonds. The van der Waals surface area contributed by atoms with Gasteiger partial charge in [0.2, 0.25) is 0 Å². The summed E-state index contributed by atoms with van der Waals surface area (Å²) in [6.45, 7) is 1.99. The first-order valence-corrected chi connectivity index (χ1v) is 6.75. The van der Waals surface area contributed by atoms with Gasteiger partial charge >= 0.3 is 0 Å². The molecule has 0 saturated carbocycles. The zero-order valence-corrected chi connectivity index (χ0v) is 11.1. The molecular weight excluding hydrogens is 261 g/mol. The summed E-state index contributed by atoms with van der Waals surface area (Å²) >= 11 is 1.53. The predicted octanol–water partition coefficient (Wildman–Crippen LogP) is 3.06. The molecule has 5 heteroatoms. The van der Waals surface area contributed by atoms with Crippen molar-refractivity contribution in [2.45, 2.75) is 12.5 Å². The van der Waals surface area contributed by atoms with Crippen LogP contribution in [0.4, 0.5) is 4.39 Å². The van der Waals surface area contributed by atoms with Crippen LogP contribution >= 0.6 is 11.3 Å². The van der Waals surface area contributed by atoms with Gasteiger partial charge in [-0.05, 0) is 30.7 Å². The number of aliphatic imine (C=N–C) groups is 1. The van der Waals surface area contributed by atoms with E-state index in [2.05, 4.69) is 10.3 Å². The van der Waals surface area contributed by atoms with Crippen molar-refractivity contribution in [3.63, 3.8) is 0 Å². The van der Waals surface area contributed by atoms with Gasteiger partial charge in [-0.25, -0.2) is 9.37 Å². The molecule has 1 aliphatic rings. The maximum Gasteiger partial charge on any atom is 0.163 e. The fourth-order valence-corrected chi connectivity index (χ4v) is 2.57. The Morgan fingerprint density at radius 3 is 2.74 bits per heavy atom. The van der Waals surface area contributed by atoms with Crippen molar-refractivity contribution >= 4 is 17.2 Å². The van der Waals surface area contributed by atoms with E-state index in [0.717, 1.165) is 16.4 Å². The van der Waals surface area contributed by atoms with Gasteiger partial charge in [0.15, 0.2) is 10.8 Å². The van der Waals surface area contributed by atoms with E-state index < -0.39 is 5.54 Å². The van der Waals surface area contributed by atoms with Gasteiger partial charge in [0.25, 0.3) is 0 Å². The van der Waals surface area contributed by atoms with E-state index in [4.69, 9.17) is 4.99 Å². The summed E-state index contributed by atoms with van der Waals surface area (Å²) in [5.41, 5.74) is 0.445. The van der Waals surface area contributed by atoms with Crippen LogP contribution < -0.4 is 5.32 Å². The van der Waals surface area contributed by atoms with E-state index in [1.54, 1.807) is 18.3 Å². The smallest absolute Gasteiger partial charge is 0.163 e. The van der Waals surface area contributed by atoms with Crippen LogP contribution in [0.1, 0.15) is 17.5 Å². The number of nitrogens with zero attached hydrogens (tertiary/aromatic N) is 2. The first-order valence-electron chi connectivity index (χ1n) is 5.87. The molecule has 96 valence electrons. The Morgan fingerprint density at radius 2 is 2.05 bits per heavy atom. The van der Waals surface area contributed by atoms with Crippen molar-refractivity contribution in [3.8, 4) is 0 Å². The van der Waals surface area contributed by atoms with E-state index in [0.29, 0.717) is 0 Å². The molecule has 1 N–H and O–H groups in total. The van der Waals surface area contributed by atoms with E-state index in [9.17, 15) is 4.39 Å². The maximum absolute atomic E-state index is 13.0. The molecule has 3 rings (SSSR count). The predicted molar refractivity (Wildman–Crippen MR) is 74.7 cm³/mol. The SMILES string of the molecule is CC1(c2ccc(F)cc2)C=CNC(c2nccs2)=N1. The molecule has 0 saturated heterocycles. The maximum atomic E-state index is 13.0. The Morgan fingerprint density at radius 1 is 1.26 bits per heavy atom. The molecule has 2 aromatic rings. The average Bonchev–Trinajstić information content (AvgIpc) is 2.93. The number of benzene rings is 1. The molecule has 1 unspecified atom stereocenters. The lowest BCUT2D eigenvalue weighted by Gasteiger charge is -2.26. The monoisotopic (exact) mass is 273 g/mol. The number of aromatic nitrogens is 1. The fourth-order valence-electron chi connectivity index (χ4n) is 1.98. The second kappa shape index (κ2) is 4.59. The molecule has 0 bridgehead atoms. The number of thiazole rings is 1. The Balaban J connectivity index is 2.01. The van der Waals surface area contributed by atoms with Crippen LogP contribution in [0, 0.1) is 5.82 Å². The number of hydrogen-bond donors (Lipinski definition) is 1. The van der Waals surface area contributed by atoms with Crippen LogP contribution in [-0.2, 0) is 5.54 Å². The van der Waals surface area contributed by atoms with Gasteiger partial charge < -0.3 is 5.32 Å². The van der Waals surface area contributed by atoms with E-state index in [-0.39, 0.29) is 5.82 Å². The minimum absolute atomic E-state index is 0.241. The minimum atomic E-state index is -0.500. The highest BCUT2D eigenvalue weighted by Crippen LogP contribution is 2.29. The van der Waals surface area contributed by atoms with E-state index in [1.807, 2.05) is 24.6 Å². The van der Waals surface area contributed by atoms with E-state index >= 15 is 0 Å². The highest BCUT2D eigenvalue weighted by Gasteiger charge is 2.26. The molecule has 1 atom stereocenters. The van der Waals surface area contributed by atoms with Gasteiger partial charge in [0.05, 0.1) is 0 Å². The molecule has 0 spiro atoms. The quantitative estimate of drug-likeness (QED) is 0.913. The second-order valence-electron chi connectivity index (χ2n) is 4.43. The topological polar surface area (TPSA) is 37.3 Å². The highest BCUT2D eigenvalue weighted by molar-refractivity contribution is 7.11. The zero-order chi connectivity index (χ0) is 13.3. The zero-order valence-electron chi connectivity index (χ0n) is 10.3. The summed E-state index contributed by atoms with van der Waals surface area (Å²) in [5.74, 6) is 0.499. The number of amidine groups is 1. The number of nitrogens with one attached hydrogen (secondary N) is 1. The summed E-state index contributed by atoms with van der Waals surface area (Å²) < 4.78 is 13.0. The Labute approximate surface area is 114 Å². The van der Waals surface area contributed by atoms with Gasteiger partial charge in [-0.15, -0.1) is 11.3 Å². The highest BCUT2D eigenvalue weighted by atomic mass is 32.1. The lowest BCUT2D eigenvalue weighted by molar-refractivity contribution is 0.604. The first-order chi connectivity index (χ1) is 9.17. The molecule has 1 aliphatic heterocycles. The number of halogens is 1. The summed E-state index contributed by atoms with van der Waals surface area (Å²) in [6, 6.07) is 6.42. The van der Waals surface area contributed by atoms with Crippen LogP contribution in [0.3, 0.4) is 0 Å². The Kier molecular flexibility index (Phi) is 2.91. The molecule has 2 heterocycles. The van der Waals surface area contributed by atoms with Gasteiger partial charge in [-0.2, -0.15) is 0 Å². The van der Waals surface area contributed by atoms with Gasteiger partial charge in [0, 0.05) is 17.8 Å². The summed E-state index contributed by atoms with van der Waals surface area (Å²) in [4.78, 5) is 8.94. The van der Waals surface area contributed by atoms with Crippen LogP contribution in [0.2, 0.25) is 0 Å². The second-order valence-corrected chi connectivity index (χ2v) is 5.32. The minimum Gasteiger partial charge on any atom is -0.345 e. The number of hydrogen-bond acceptors (Lipinski definition) is 4. The van der Waals surface area contributed by atoms with E-state index in [1.165, 1.54) is 23.5 Å². The van der Waals surface area contributed by atoms with Crippen molar-refractivity contribution in [1.29, 1.82) is 0 Å². The Hall–Kier alpha value is -2.01. The number of rotatable bonds is 2. The summed E-state index contributed by atoms with van der Waals surface area (Å²) in [7, 11) is 0. The summed E-state index contributed by atoms with van der Waals surface area (Å²) in [6.07, 6.45) is 5.56. The Bertz CT molecular complexity index is 631. The lowest BCUT2D eigenvalue weighted by atomic mass is 9.92. The third kappa shape index (κ3) is 2.29. The molecule has 0 aliphatic carbocycles. The van der Waals surface area contributed by atoms with Crippen LogP contribution in [-0.4, -0.2) is 10.8 Å². The standard InChI is InChI=1S/C14H12FN3S/c1-14(10-2-4-11(15)5-3-10)6-7-16-12(18-14)13-17-8-9-19-13/h2-9H,1H3,(H,16,18). The molecule has 1 aromatic heterocycles. The van der Waals surface area contributed by atoms with Crippen molar-refractivity contribution in [1.82, 2.24) is 10.3 Å². The van der Waals surface area contributed by atoms with Crippen LogP contribution in [0.5, 0.6) is 0 Å². The molecule has 3 nitrogen and oxygen atoms in total. The van der Waals surface area contributed by atoms with Crippen LogP contribution in [0.15, 0.2) is 53.1 Å². The average molecular weight is 273 g/mol. The first kappa shape index (κ1) is 12.0. The lowest BCUT2D eigenvalue weighted by Crippen LogP contribution is -2.30. The summed E-state index contributed by atoms with van der Waals surface area (Å²) in [5, 5.41) is 5.86. The third-order valence-electron chi connectivity index (χ3n) is 3.04. The van der Waals surface area contributed by atoms with Gasteiger partial charge in [-0.1, -0.05) is 12.1 Å².